The van der Waals surface area contributed by atoms with E-state index in [4.69, 9.17) is 14.2 Å². The van der Waals surface area contributed by atoms with Crippen LogP contribution in [-0.2, 0) is 14.3 Å². The molecule has 1 unspecified atom stereocenters. The lowest BCUT2D eigenvalue weighted by Crippen LogP contribution is -2.49. The van der Waals surface area contributed by atoms with Crippen LogP contribution in [0.3, 0.4) is 0 Å². The van der Waals surface area contributed by atoms with Crippen molar-refractivity contribution < 1.29 is 23.8 Å². The zero-order valence-electron chi connectivity index (χ0n) is 19.0. The second-order valence-electron chi connectivity index (χ2n) is 9.02. The van der Waals surface area contributed by atoms with Crippen LogP contribution in [-0.4, -0.2) is 35.9 Å². The Balaban J connectivity index is 2.10. The van der Waals surface area contributed by atoms with Gasteiger partial charge in [0.05, 0.1) is 17.9 Å². The highest BCUT2D eigenvalue weighted by molar-refractivity contribution is 5.93. The minimum Gasteiger partial charge on any atom is -0.458 e. The van der Waals surface area contributed by atoms with E-state index in [-0.39, 0.29) is 6.61 Å². The lowest BCUT2D eigenvalue weighted by molar-refractivity contribution is -0.160. The summed E-state index contributed by atoms with van der Waals surface area (Å²) in [5, 5.41) is 5.38. The van der Waals surface area contributed by atoms with Crippen LogP contribution in [0.25, 0.3) is 0 Å². The molecule has 0 saturated heterocycles. The highest BCUT2D eigenvalue weighted by Crippen LogP contribution is 2.29. The van der Waals surface area contributed by atoms with E-state index in [9.17, 15) is 9.59 Å². The molecule has 7 nitrogen and oxygen atoms in total. The van der Waals surface area contributed by atoms with Crippen molar-refractivity contribution in [1.29, 1.82) is 0 Å². The molecule has 0 spiro atoms. The van der Waals surface area contributed by atoms with Crippen LogP contribution in [0.5, 0.6) is 11.5 Å². The van der Waals surface area contributed by atoms with E-state index in [2.05, 4.69) is 10.6 Å². The molecule has 0 aromatic heterocycles. The number of para-hydroxylation sites is 3. The van der Waals surface area contributed by atoms with Crippen molar-refractivity contribution in [2.24, 2.45) is 0 Å². The summed E-state index contributed by atoms with van der Waals surface area (Å²) < 4.78 is 17.0. The standard InChI is InChI=1S/C24H32N2O5/c1-23(2,3)29-16-19(21(27)31-24(4,5)6)26-22(28)25-18-14-10-11-15-20(18)30-17-12-8-7-9-13-17/h7-15,19H,16H2,1-6H3,(H2,25,26,28). The van der Waals surface area contributed by atoms with Crippen molar-refractivity contribution in [3.8, 4) is 11.5 Å². The number of rotatable bonds is 7. The Morgan fingerprint density at radius 1 is 0.871 bits per heavy atom. The summed E-state index contributed by atoms with van der Waals surface area (Å²) in [6, 6.07) is 14.8. The first-order valence-corrected chi connectivity index (χ1v) is 10.2. The normalized spacial score (nSPS) is 12.6. The number of ether oxygens (including phenoxy) is 3. The number of hydrogen-bond donors (Lipinski definition) is 2. The molecule has 0 saturated carbocycles. The molecule has 0 fully saturated rings. The lowest BCUT2D eigenvalue weighted by Gasteiger charge is -2.27. The molecule has 2 aromatic rings. The molecule has 0 aliphatic heterocycles. The summed E-state index contributed by atoms with van der Waals surface area (Å²) in [7, 11) is 0. The van der Waals surface area contributed by atoms with Gasteiger partial charge in [-0.2, -0.15) is 0 Å². The number of hydrogen-bond acceptors (Lipinski definition) is 5. The van der Waals surface area contributed by atoms with Gasteiger partial charge in [-0.1, -0.05) is 30.3 Å². The molecule has 31 heavy (non-hydrogen) atoms. The van der Waals surface area contributed by atoms with Crippen LogP contribution in [0.1, 0.15) is 41.5 Å². The van der Waals surface area contributed by atoms with Crippen molar-refractivity contribution in [1.82, 2.24) is 5.32 Å². The molecular weight excluding hydrogens is 396 g/mol. The predicted molar refractivity (Wildman–Crippen MR) is 120 cm³/mol. The Morgan fingerprint density at radius 3 is 2.10 bits per heavy atom. The van der Waals surface area contributed by atoms with E-state index >= 15 is 0 Å². The quantitative estimate of drug-likeness (QED) is 0.598. The van der Waals surface area contributed by atoms with E-state index in [0.717, 1.165) is 0 Å². The van der Waals surface area contributed by atoms with Gasteiger partial charge in [0, 0.05) is 0 Å². The molecular formula is C24H32N2O5. The number of carbonyl (C=O) groups is 2. The van der Waals surface area contributed by atoms with Crippen LogP contribution in [0.2, 0.25) is 0 Å². The van der Waals surface area contributed by atoms with Gasteiger partial charge in [-0.3, -0.25) is 0 Å². The number of anilines is 1. The molecule has 7 heteroatoms. The predicted octanol–water partition coefficient (Wildman–Crippen LogP) is 5.13. The number of urea groups is 1. The van der Waals surface area contributed by atoms with Crippen LogP contribution >= 0.6 is 0 Å². The smallest absolute Gasteiger partial charge is 0.331 e. The maximum Gasteiger partial charge on any atom is 0.331 e. The van der Waals surface area contributed by atoms with Gasteiger partial charge in [0.1, 0.15) is 11.4 Å². The number of carbonyl (C=O) groups excluding carboxylic acids is 2. The van der Waals surface area contributed by atoms with Crippen molar-refractivity contribution in [3.05, 3.63) is 54.6 Å². The Hall–Kier alpha value is -3.06. The van der Waals surface area contributed by atoms with E-state index in [0.29, 0.717) is 17.2 Å². The molecule has 0 bridgehead atoms. The highest BCUT2D eigenvalue weighted by atomic mass is 16.6. The summed E-state index contributed by atoms with van der Waals surface area (Å²) in [6.45, 7) is 10.9. The summed E-state index contributed by atoms with van der Waals surface area (Å²) in [5.74, 6) is 0.548. The fourth-order valence-corrected chi connectivity index (χ4v) is 2.47. The summed E-state index contributed by atoms with van der Waals surface area (Å²) in [4.78, 5) is 25.3. The van der Waals surface area contributed by atoms with Crippen LogP contribution in [0, 0.1) is 0 Å². The molecule has 2 rings (SSSR count). The monoisotopic (exact) mass is 428 g/mol. The molecule has 0 heterocycles. The lowest BCUT2D eigenvalue weighted by atomic mass is 10.1. The Kier molecular flexibility index (Phi) is 8.05. The number of amides is 2. The van der Waals surface area contributed by atoms with E-state index in [1.807, 2.05) is 57.2 Å². The Bertz CT molecular complexity index is 870. The molecule has 0 radical (unpaired) electrons. The fourth-order valence-electron chi connectivity index (χ4n) is 2.47. The molecule has 2 aromatic carbocycles. The Morgan fingerprint density at radius 2 is 1.48 bits per heavy atom. The summed E-state index contributed by atoms with van der Waals surface area (Å²) in [5.41, 5.74) is -0.705. The maximum atomic E-state index is 12.7. The van der Waals surface area contributed by atoms with Gasteiger partial charge in [-0.05, 0) is 65.8 Å². The van der Waals surface area contributed by atoms with Crippen molar-refractivity contribution >= 4 is 17.7 Å². The SMILES string of the molecule is CC(C)(C)OCC(NC(=O)Nc1ccccc1Oc1ccccc1)C(=O)OC(C)(C)C. The van der Waals surface area contributed by atoms with Gasteiger partial charge in [0.25, 0.3) is 0 Å². The Labute approximate surface area is 184 Å². The first kappa shape index (κ1) is 24.2. The average Bonchev–Trinajstić information content (AvgIpc) is 2.65. The minimum absolute atomic E-state index is 0.0198. The number of nitrogens with one attached hydrogen (secondary N) is 2. The second-order valence-corrected chi connectivity index (χ2v) is 9.02. The van der Waals surface area contributed by atoms with E-state index in [1.165, 1.54) is 0 Å². The second kappa shape index (κ2) is 10.3. The van der Waals surface area contributed by atoms with Gasteiger partial charge >= 0.3 is 12.0 Å². The fraction of sp³-hybridized carbons (Fsp3) is 0.417. The third kappa shape index (κ3) is 9.09. The minimum atomic E-state index is -0.972. The third-order valence-electron chi connectivity index (χ3n) is 3.79. The van der Waals surface area contributed by atoms with Crippen LogP contribution < -0.4 is 15.4 Å². The maximum absolute atomic E-state index is 12.7. The van der Waals surface area contributed by atoms with Crippen LogP contribution in [0.15, 0.2) is 54.6 Å². The number of esters is 1. The zero-order chi connectivity index (χ0) is 23.1. The van der Waals surface area contributed by atoms with Crippen molar-refractivity contribution in [2.75, 3.05) is 11.9 Å². The van der Waals surface area contributed by atoms with Gasteiger partial charge in [-0.15, -0.1) is 0 Å². The molecule has 1 atom stereocenters. The van der Waals surface area contributed by atoms with E-state index in [1.54, 1.807) is 39.0 Å². The first-order valence-electron chi connectivity index (χ1n) is 10.2. The van der Waals surface area contributed by atoms with Crippen molar-refractivity contribution in [2.45, 2.75) is 58.8 Å². The third-order valence-corrected chi connectivity index (χ3v) is 3.79. The van der Waals surface area contributed by atoms with Crippen molar-refractivity contribution in [3.63, 3.8) is 0 Å². The zero-order valence-corrected chi connectivity index (χ0v) is 19.0. The summed E-state index contributed by atoms with van der Waals surface area (Å²) in [6.07, 6.45) is 0. The highest BCUT2D eigenvalue weighted by Gasteiger charge is 2.28. The average molecular weight is 429 g/mol. The van der Waals surface area contributed by atoms with Gasteiger partial charge in [0.15, 0.2) is 11.8 Å². The van der Waals surface area contributed by atoms with Crippen LogP contribution in [0.4, 0.5) is 10.5 Å². The van der Waals surface area contributed by atoms with Gasteiger partial charge < -0.3 is 24.8 Å². The van der Waals surface area contributed by atoms with E-state index < -0.39 is 29.2 Å². The molecule has 168 valence electrons. The van der Waals surface area contributed by atoms with Gasteiger partial charge in [0.2, 0.25) is 0 Å². The molecule has 2 amide bonds. The largest absolute Gasteiger partial charge is 0.458 e. The number of benzene rings is 2. The topological polar surface area (TPSA) is 85.9 Å². The first-order chi connectivity index (χ1) is 14.4. The summed E-state index contributed by atoms with van der Waals surface area (Å²) >= 11 is 0. The molecule has 0 aliphatic rings. The molecule has 2 N–H and O–H groups in total. The molecule has 0 aliphatic carbocycles. The van der Waals surface area contributed by atoms with Gasteiger partial charge in [-0.25, -0.2) is 9.59 Å².